The third-order valence-corrected chi connectivity index (χ3v) is 5.64. The van der Waals surface area contributed by atoms with Crippen molar-refractivity contribution < 1.29 is 9.59 Å². The maximum Gasteiger partial charge on any atom is 0.325 e. The van der Waals surface area contributed by atoms with E-state index in [4.69, 9.17) is 0 Å². The molecule has 1 saturated heterocycles. The van der Waals surface area contributed by atoms with E-state index in [0.29, 0.717) is 6.54 Å². The first-order valence-electron chi connectivity index (χ1n) is 6.49. The number of nitrogens with zero attached hydrogens (tertiary/aromatic N) is 1. The molecule has 2 heterocycles. The number of rotatable bonds is 2. The van der Waals surface area contributed by atoms with Crippen LogP contribution >= 0.6 is 27.3 Å². The van der Waals surface area contributed by atoms with Crippen molar-refractivity contribution in [3.05, 3.63) is 20.8 Å². The lowest BCUT2D eigenvalue weighted by Crippen LogP contribution is -2.50. The van der Waals surface area contributed by atoms with Gasteiger partial charge in [0.1, 0.15) is 5.54 Å². The molecule has 102 valence electrons. The molecule has 1 aliphatic carbocycles. The predicted octanol–water partition coefficient (Wildman–Crippen LogP) is 3.27. The zero-order chi connectivity index (χ0) is 13.5. The van der Waals surface area contributed by atoms with Crippen LogP contribution in [0.25, 0.3) is 0 Å². The maximum absolute atomic E-state index is 12.2. The third kappa shape index (κ3) is 2.21. The lowest BCUT2D eigenvalue weighted by atomic mass is 9.80. The summed E-state index contributed by atoms with van der Waals surface area (Å²) in [5.74, 6) is -0.104. The number of nitrogens with one attached hydrogen (secondary N) is 1. The number of amides is 3. The second-order valence-corrected chi connectivity index (χ2v) is 7.69. The minimum atomic E-state index is -0.591. The van der Waals surface area contributed by atoms with Crippen molar-refractivity contribution in [1.82, 2.24) is 10.2 Å². The number of imide groups is 1. The normalized spacial score (nSPS) is 22.1. The minimum absolute atomic E-state index is 0.104. The van der Waals surface area contributed by atoms with E-state index in [2.05, 4.69) is 21.2 Å². The number of carbonyl (C=O) groups excluding carboxylic acids is 2. The minimum Gasteiger partial charge on any atom is -0.305 e. The molecule has 3 amide bonds. The molecule has 1 aromatic heterocycles. The smallest absolute Gasteiger partial charge is 0.305 e. The Labute approximate surface area is 124 Å². The summed E-state index contributed by atoms with van der Waals surface area (Å²) in [4.78, 5) is 27.1. The maximum atomic E-state index is 12.2. The molecule has 2 fully saturated rings. The second-order valence-electron chi connectivity index (χ2n) is 5.14. The van der Waals surface area contributed by atoms with Crippen molar-refractivity contribution in [1.29, 1.82) is 0 Å². The molecule has 3 rings (SSSR count). The Kier molecular flexibility index (Phi) is 3.39. The average molecular weight is 343 g/mol. The van der Waals surface area contributed by atoms with Crippen LogP contribution in [0.1, 0.15) is 37.0 Å². The highest BCUT2D eigenvalue weighted by atomic mass is 79.9. The summed E-state index contributed by atoms with van der Waals surface area (Å²) < 4.78 is 1.05. The van der Waals surface area contributed by atoms with E-state index in [1.165, 1.54) is 0 Å². The van der Waals surface area contributed by atoms with E-state index in [1.807, 2.05) is 12.1 Å². The van der Waals surface area contributed by atoms with Crippen LogP contribution in [-0.2, 0) is 11.3 Å². The van der Waals surface area contributed by atoms with Gasteiger partial charge in [-0.2, -0.15) is 0 Å². The van der Waals surface area contributed by atoms with Gasteiger partial charge < -0.3 is 4.90 Å². The first kappa shape index (κ1) is 13.1. The van der Waals surface area contributed by atoms with Gasteiger partial charge in [0.15, 0.2) is 0 Å². The first-order valence-corrected chi connectivity index (χ1v) is 8.10. The number of hydrogen-bond donors (Lipinski definition) is 1. The standard InChI is InChI=1S/C13H15BrN2O2S/c14-10-5-4-9(19-10)8-16-12(18)15-11(17)13(16)6-2-1-3-7-13/h4-5H,1-3,6-8H2,(H,15,17,18). The van der Waals surface area contributed by atoms with Crippen LogP contribution in [0.5, 0.6) is 0 Å². The number of thiophene rings is 1. The van der Waals surface area contributed by atoms with Gasteiger partial charge in [-0.1, -0.05) is 19.3 Å². The summed E-state index contributed by atoms with van der Waals surface area (Å²) in [6, 6.07) is 3.74. The van der Waals surface area contributed by atoms with E-state index < -0.39 is 5.54 Å². The van der Waals surface area contributed by atoms with Crippen LogP contribution in [0, 0.1) is 0 Å². The molecule has 19 heavy (non-hydrogen) atoms. The third-order valence-electron chi connectivity index (χ3n) is 4.03. The molecule has 6 heteroatoms. The number of carbonyl (C=O) groups is 2. The van der Waals surface area contributed by atoms with Gasteiger partial charge in [0, 0.05) is 4.88 Å². The van der Waals surface area contributed by atoms with Gasteiger partial charge in [-0.25, -0.2) is 4.79 Å². The molecule has 0 radical (unpaired) electrons. The molecule has 0 atom stereocenters. The fraction of sp³-hybridized carbons (Fsp3) is 0.538. The monoisotopic (exact) mass is 342 g/mol. The summed E-state index contributed by atoms with van der Waals surface area (Å²) in [5.41, 5.74) is -0.591. The van der Waals surface area contributed by atoms with Crippen molar-refractivity contribution in [2.45, 2.75) is 44.2 Å². The lowest BCUT2D eigenvalue weighted by molar-refractivity contribution is -0.128. The molecule has 0 bridgehead atoms. The van der Waals surface area contributed by atoms with Crippen molar-refractivity contribution in [2.75, 3.05) is 0 Å². The van der Waals surface area contributed by atoms with Gasteiger partial charge in [0.25, 0.3) is 5.91 Å². The lowest BCUT2D eigenvalue weighted by Gasteiger charge is -2.38. The van der Waals surface area contributed by atoms with Crippen LogP contribution < -0.4 is 5.32 Å². The number of hydrogen-bond acceptors (Lipinski definition) is 3. The Morgan fingerprint density at radius 1 is 1.26 bits per heavy atom. The highest BCUT2D eigenvalue weighted by Crippen LogP contribution is 2.38. The van der Waals surface area contributed by atoms with E-state index in [1.54, 1.807) is 16.2 Å². The van der Waals surface area contributed by atoms with Crippen LogP contribution in [0.3, 0.4) is 0 Å². The fourth-order valence-corrected chi connectivity index (χ4v) is 4.52. The molecule has 2 aliphatic rings. The quantitative estimate of drug-likeness (QED) is 0.838. The number of halogens is 1. The zero-order valence-electron chi connectivity index (χ0n) is 10.4. The van der Waals surface area contributed by atoms with E-state index >= 15 is 0 Å². The Bertz CT molecular complexity index is 522. The average Bonchev–Trinajstić information content (AvgIpc) is 2.89. The molecule has 0 unspecified atom stereocenters. The Morgan fingerprint density at radius 3 is 2.63 bits per heavy atom. The molecule has 0 aromatic carbocycles. The number of urea groups is 1. The van der Waals surface area contributed by atoms with E-state index in [0.717, 1.165) is 40.8 Å². The molecule has 1 aliphatic heterocycles. The van der Waals surface area contributed by atoms with Gasteiger partial charge in [-0.3, -0.25) is 10.1 Å². The van der Waals surface area contributed by atoms with Crippen LogP contribution in [0.4, 0.5) is 4.79 Å². The van der Waals surface area contributed by atoms with Crippen molar-refractivity contribution >= 4 is 39.2 Å². The molecule has 1 spiro atoms. The van der Waals surface area contributed by atoms with E-state index in [9.17, 15) is 9.59 Å². The SMILES string of the molecule is O=C1NC(=O)C2(CCCCC2)N1Cc1ccc(Br)s1. The summed E-state index contributed by atoms with van der Waals surface area (Å²) in [6.07, 6.45) is 4.77. The highest BCUT2D eigenvalue weighted by molar-refractivity contribution is 9.11. The Hall–Kier alpha value is -0.880. The zero-order valence-corrected chi connectivity index (χ0v) is 12.8. The van der Waals surface area contributed by atoms with E-state index in [-0.39, 0.29) is 11.9 Å². The molecule has 4 nitrogen and oxygen atoms in total. The summed E-state index contributed by atoms with van der Waals surface area (Å²) in [7, 11) is 0. The van der Waals surface area contributed by atoms with Gasteiger partial charge in [0.2, 0.25) is 0 Å². The Balaban J connectivity index is 1.88. The topological polar surface area (TPSA) is 49.4 Å². The van der Waals surface area contributed by atoms with Gasteiger partial charge in [-0.05, 0) is 40.9 Å². The largest absolute Gasteiger partial charge is 0.325 e. The first-order chi connectivity index (χ1) is 9.12. The highest BCUT2D eigenvalue weighted by Gasteiger charge is 2.52. The second kappa shape index (κ2) is 4.90. The summed E-state index contributed by atoms with van der Waals surface area (Å²) >= 11 is 5.04. The fourth-order valence-electron chi connectivity index (χ4n) is 3.05. The van der Waals surface area contributed by atoms with Gasteiger partial charge >= 0.3 is 6.03 Å². The molecule has 1 N–H and O–H groups in total. The molecular formula is C13H15BrN2O2S. The predicted molar refractivity (Wildman–Crippen MR) is 76.9 cm³/mol. The van der Waals surface area contributed by atoms with Gasteiger partial charge in [-0.15, -0.1) is 11.3 Å². The summed E-state index contributed by atoms with van der Waals surface area (Å²) in [6.45, 7) is 0.522. The molecular weight excluding hydrogens is 328 g/mol. The van der Waals surface area contributed by atoms with Crippen LogP contribution in [-0.4, -0.2) is 22.4 Å². The van der Waals surface area contributed by atoms with Gasteiger partial charge in [0.05, 0.1) is 10.3 Å². The van der Waals surface area contributed by atoms with Crippen molar-refractivity contribution in [2.24, 2.45) is 0 Å². The Morgan fingerprint density at radius 2 is 2.00 bits per heavy atom. The summed E-state index contributed by atoms with van der Waals surface area (Å²) in [5, 5.41) is 2.50. The molecule has 1 saturated carbocycles. The van der Waals surface area contributed by atoms with Crippen molar-refractivity contribution in [3.63, 3.8) is 0 Å². The van der Waals surface area contributed by atoms with Crippen LogP contribution in [0.2, 0.25) is 0 Å². The molecule has 1 aromatic rings. The van der Waals surface area contributed by atoms with Crippen molar-refractivity contribution in [3.8, 4) is 0 Å². The van der Waals surface area contributed by atoms with Crippen LogP contribution in [0.15, 0.2) is 15.9 Å².